The Labute approximate surface area is 101 Å². The molecule has 0 fully saturated rings. The molecule has 0 radical (unpaired) electrons. The van der Waals surface area contributed by atoms with Crippen molar-refractivity contribution in [3.05, 3.63) is 0 Å². The summed E-state index contributed by atoms with van der Waals surface area (Å²) in [6, 6.07) is 0. The van der Waals surface area contributed by atoms with Crippen LogP contribution in [0.1, 0.15) is 0 Å². The molecular formula is H20CeCl3O10. The first-order chi connectivity index (χ1) is 1.73. The summed E-state index contributed by atoms with van der Waals surface area (Å²) in [6.07, 6.45) is 0. The van der Waals surface area contributed by atoms with Crippen molar-refractivity contribution in [1.29, 1.82) is 0 Å². The summed E-state index contributed by atoms with van der Waals surface area (Å²) in [7, 11) is 0. The molecule has 0 atom stereocenters. The van der Waals surface area contributed by atoms with Gasteiger partial charge in [-0.1, -0.05) is 0 Å². The molecule has 0 amide bonds. The average Bonchev–Trinajstić information content (AvgIpc) is 0.811. The molecule has 0 heterocycles. The van der Waals surface area contributed by atoms with E-state index in [4.69, 9.17) is 16.9 Å². The van der Waals surface area contributed by atoms with Crippen LogP contribution in [0.25, 0.3) is 0 Å². The molecule has 0 rings (SSSR count). The molecule has 0 aromatic heterocycles. The Bertz CT molecular complexity index is 20.1. The number of rotatable bonds is 0. The van der Waals surface area contributed by atoms with Gasteiger partial charge in [-0.2, -0.15) is 0 Å². The quantitative estimate of drug-likeness (QED) is 0.348. The van der Waals surface area contributed by atoms with Crippen molar-refractivity contribution in [3.63, 3.8) is 0 Å². The third kappa shape index (κ3) is 670. The van der Waals surface area contributed by atoms with Crippen molar-refractivity contribution >= 4 is 16.9 Å². The fourth-order valence-electron chi connectivity index (χ4n) is 0. The van der Waals surface area contributed by atoms with E-state index in [2.05, 4.69) is 0 Å². The van der Waals surface area contributed by atoms with E-state index in [9.17, 15) is 0 Å². The fraction of sp³-hybridized carbons (Fsp3) is 0. The van der Waals surface area contributed by atoms with Gasteiger partial charge >= 0.3 is 47.6 Å². The van der Waals surface area contributed by atoms with Crippen LogP contribution in [0.3, 0.4) is 0 Å². The first-order valence-corrected chi connectivity index (χ1v) is 12.4. The second kappa shape index (κ2) is 121. The standard InChI is InChI=1S/Ce.3ClH.10H2O/h;3*1H;10*1H2/q+3;;;;;;;;;;;;;/p-3. The molecule has 0 aromatic carbocycles. The second-order valence-corrected chi connectivity index (χ2v) is 14.0. The molecule has 105 valence electrons. The van der Waals surface area contributed by atoms with Gasteiger partial charge in [-0.05, 0) is 0 Å². The third-order valence-electron chi connectivity index (χ3n) is 0. The molecule has 0 bridgehead atoms. The predicted octanol–water partition coefficient (Wildman–Crippen LogP) is -6.18. The SMILES string of the molecule is O.O.O.O.O.O.O.O.O.O.[Cl][Ce]([Cl])[Cl]. The fourth-order valence-corrected chi connectivity index (χ4v) is 0. The molecule has 0 aliphatic carbocycles. The Morgan fingerprint density at radius 1 is 0.357 bits per heavy atom. The zero-order chi connectivity index (χ0) is 3.58. The summed E-state index contributed by atoms with van der Waals surface area (Å²) in [5, 5.41) is 0. The van der Waals surface area contributed by atoms with Gasteiger partial charge in [-0.15, -0.1) is 0 Å². The van der Waals surface area contributed by atoms with E-state index in [0.717, 1.165) is 0 Å². The van der Waals surface area contributed by atoms with Crippen LogP contribution in [0.4, 0.5) is 0 Å². The molecule has 0 saturated heterocycles. The number of hydrogen-bond donors (Lipinski definition) is 0. The van der Waals surface area contributed by atoms with Crippen LogP contribution in [-0.4, -0.2) is 54.8 Å². The Morgan fingerprint density at radius 3 is 0.357 bits per heavy atom. The Balaban J connectivity index is -0.000000001000. The minimum atomic E-state index is -2.24. The van der Waals surface area contributed by atoms with E-state index < -0.39 is 30.7 Å². The Hall–Kier alpha value is 1.85. The molecule has 14 heavy (non-hydrogen) atoms. The molecule has 14 heteroatoms. The predicted molar refractivity (Wildman–Crippen MR) is 53.7 cm³/mol. The van der Waals surface area contributed by atoms with Gasteiger partial charge in [0.15, 0.2) is 0 Å². The van der Waals surface area contributed by atoms with E-state index >= 15 is 0 Å². The molecule has 0 unspecified atom stereocenters. The van der Waals surface area contributed by atoms with Gasteiger partial charge in [0.2, 0.25) is 0 Å². The van der Waals surface area contributed by atoms with Gasteiger partial charge in [0, 0.05) is 0 Å². The Kier molecular flexibility index (Phi) is 1290. The van der Waals surface area contributed by atoms with Crippen LogP contribution >= 0.6 is 16.9 Å². The van der Waals surface area contributed by atoms with Gasteiger partial charge in [0.25, 0.3) is 0 Å². The van der Waals surface area contributed by atoms with Crippen LogP contribution in [0, 0.1) is 30.7 Å². The topological polar surface area (TPSA) is 315 Å². The van der Waals surface area contributed by atoms with Crippen LogP contribution in [0.15, 0.2) is 0 Å². The summed E-state index contributed by atoms with van der Waals surface area (Å²) in [6.45, 7) is 0. The van der Waals surface area contributed by atoms with Gasteiger partial charge < -0.3 is 54.8 Å². The molecule has 20 N–H and O–H groups in total. The van der Waals surface area contributed by atoms with Crippen molar-refractivity contribution in [2.75, 3.05) is 0 Å². The molecule has 10 nitrogen and oxygen atoms in total. The van der Waals surface area contributed by atoms with Crippen molar-refractivity contribution in [3.8, 4) is 0 Å². The molecule has 0 aliphatic heterocycles. The summed E-state index contributed by atoms with van der Waals surface area (Å²) in [5.41, 5.74) is 15.1. The molecule has 0 saturated carbocycles. The maximum absolute atomic E-state index is 5.02. The molecule has 0 aromatic rings. The van der Waals surface area contributed by atoms with Crippen molar-refractivity contribution < 1.29 is 85.4 Å². The number of halogens is 3. The second-order valence-electron chi connectivity index (χ2n) is 0.214. The zero-order valence-electron chi connectivity index (χ0n) is 6.63. The van der Waals surface area contributed by atoms with E-state index in [1.54, 1.807) is 0 Å². The summed E-state index contributed by atoms with van der Waals surface area (Å²) >= 11 is -2.24. The van der Waals surface area contributed by atoms with E-state index in [1.807, 2.05) is 0 Å². The van der Waals surface area contributed by atoms with Gasteiger partial charge in [0.1, 0.15) is 0 Å². The van der Waals surface area contributed by atoms with Gasteiger partial charge in [-0.25, -0.2) is 0 Å². The molecule has 0 spiro atoms. The average molecular weight is 427 g/mol. The third-order valence-corrected chi connectivity index (χ3v) is 0. The van der Waals surface area contributed by atoms with E-state index in [0.29, 0.717) is 0 Å². The van der Waals surface area contributed by atoms with Crippen molar-refractivity contribution in [2.45, 2.75) is 0 Å². The summed E-state index contributed by atoms with van der Waals surface area (Å²) in [4.78, 5) is 0. The van der Waals surface area contributed by atoms with Crippen LogP contribution in [-0.2, 0) is 0 Å². The van der Waals surface area contributed by atoms with Crippen LogP contribution in [0.5, 0.6) is 0 Å². The maximum atomic E-state index is 5.02. The van der Waals surface area contributed by atoms with Crippen molar-refractivity contribution in [1.82, 2.24) is 0 Å². The molecule has 0 aliphatic rings. The summed E-state index contributed by atoms with van der Waals surface area (Å²) < 4.78 is 0. The number of hydrogen-bond acceptors (Lipinski definition) is 0. The van der Waals surface area contributed by atoms with Crippen LogP contribution < -0.4 is 0 Å². The first-order valence-electron chi connectivity index (χ1n) is 0.567. The van der Waals surface area contributed by atoms with E-state index in [-0.39, 0.29) is 54.8 Å². The van der Waals surface area contributed by atoms with Gasteiger partial charge in [0.05, 0.1) is 0 Å². The minimum absolute atomic E-state index is 0. The monoisotopic (exact) mass is 425 g/mol. The normalized spacial score (nSPS) is 1.93. The van der Waals surface area contributed by atoms with E-state index in [1.165, 1.54) is 0 Å². The zero-order valence-corrected chi connectivity index (χ0v) is 12.0. The summed E-state index contributed by atoms with van der Waals surface area (Å²) in [5.74, 6) is 0. The Morgan fingerprint density at radius 2 is 0.357 bits per heavy atom. The van der Waals surface area contributed by atoms with Gasteiger partial charge in [-0.3, -0.25) is 0 Å². The molecular weight excluding hydrogens is 406 g/mol. The van der Waals surface area contributed by atoms with Crippen molar-refractivity contribution in [2.24, 2.45) is 0 Å². The first kappa shape index (κ1) is 149. The van der Waals surface area contributed by atoms with Crippen LogP contribution in [0.2, 0.25) is 0 Å².